The average molecular weight is 276 g/mol. The Kier molecular flexibility index (Phi) is 4.29. The number of rotatable bonds is 4. The average Bonchev–Trinajstić information content (AvgIpc) is 2.72. The molecule has 1 aromatic carbocycles. The molecular formula is C14H16N2O2S. The lowest BCUT2D eigenvalue weighted by Gasteiger charge is -2.02. The van der Waals surface area contributed by atoms with Crippen molar-refractivity contribution in [1.82, 2.24) is 4.98 Å². The van der Waals surface area contributed by atoms with Crippen LogP contribution in [0.5, 0.6) is 0 Å². The Morgan fingerprint density at radius 3 is 2.63 bits per heavy atom. The number of aromatic nitrogens is 1. The Morgan fingerprint density at radius 2 is 2.05 bits per heavy atom. The van der Waals surface area contributed by atoms with Crippen molar-refractivity contribution in [3.05, 3.63) is 34.8 Å². The lowest BCUT2D eigenvalue weighted by molar-refractivity contribution is -0.114. The number of hydrogen-bond acceptors (Lipinski definition) is 4. The van der Waals surface area contributed by atoms with E-state index in [9.17, 15) is 4.79 Å². The van der Waals surface area contributed by atoms with Gasteiger partial charge in [-0.2, -0.15) is 0 Å². The van der Waals surface area contributed by atoms with Crippen LogP contribution in [0.4, 0.5) is 5.69 Å². The first-order valence-corrected chi connectivity index (χ1v) is 6.87. The number of hydrogen-bond donors (Lipinski definition) is 2. The van der Waals surface area contributed by atoms with E-state index in [1.807, 2.05) is 31.2 Å². The van der Waals surface area contributed by atoms with Crippen LogP contribution < -0.4 is 5.32 Å². The van der Waals surface area contributed by atoms with Crippen molar-refractivity contribution in [2.45, 2.75) is 20.3 Å². The molecule has 0 aliphatic rings. The zero-order valence-corrected chi connectivity index (χ0v) is 11.8. The van der Waals surface area contributed by atoms with Gasteiger partial charge in [0, 0.05) is 36.1 Å². The summed E-state index contributed by atoms with van der Waals surface area (Å²) in [6.45, 7) is 3.58. The Balaban J connectivity index is 2.22. The number of anilines is 1. The van der Waals surface area contributed by atoms with Crippen molar-refractivity contribution in [1.29, 1.82) is 0 Å². The van der Waals surface area contributed by atoms with Crippen molar-refractivity contribution in [3.63, 3.8) is 0 Å². The Hall–Kier alpha value is -1.72. The molecule has 100 valence electrons. The smallest absolute Gasteiger partial charge is 0.221 e. The van der Waals surface area contributed by atoms with Crippen molar-refractivity contribution in [2.24, 2.45) is 0 Å². The van der Waals surface area contributed by atoms with Gasteiger partial charge in [-0.1, -0.05) is 0 Å². The maximum Gasteiger partial charge on any atom is 0.221 e. The quantitative estimate of drug-likeness (QED) is 0.902. The summed E-state index contributed by atoms with van der Waals surface area (Å²) < 4.78 is 0. The molecule has 2 rings (SSSR count). The standard InChI is InChI=1S/C14H16N2O2S/c1-9-13(7-8-17)19-14(15-9)11-3-5-12(6-4-11)16-10(2)18/h3-6,17H,7-8H2,1-2H3,(H,16,18). The van der Waals surface area contributed by atoms with E-state index in [2.05, 4.69) is 10.3 Å². The van der Waals surface area contributed by atoms with E-state index in [0.29, 0.717) is 6.42 Å². The highest BCUT2D eigenvalue weighted by atomic mass is 32.1. The monoisotopic (exact) mass is 276 g/mol. The van der Waals surface area contributed by atoms with Crippen LogP contribution in [0.1, 0.15) is 17.5 Å². The minimum Gasteiger partial charge on any atom is -0.396 e. The van der Waals surface area contributed by atoms with Crippen LogP contribution in [-0.4, -0.2) is 22.6 Å². The van der Waals surface area contributed by atoms with Crippen LogP contribution in [-0.2, 0) is 11.2 Å². The van der Waals surface area contributed by atoms with Crippen LogP contribution in [0, 0.1) is 6.92 Å². The minimum absolute atomic E-state index is 0.0805. The van der Waals surface area contributed by atoms with Crippen molar-refractivity contribution in [2.75, 3.05) is 11.9 Å². The Morgan fingerprint density at radius 1 is 1.37 bits per heavy atom. The van der Waals surface area contributed by atoms with Crippen molar-refractivity contribution >= 4 is 22.9 Å². The van der Waals surface area contributed by atoms with E-state index in [1.54, 1.807) is 11.3 Å². The highest BCUT2D eigenvalue weighted by Gasteiger charge is 2.09. The molecule has 1 amide bonds. The molecule has 4 nitrogen and oxygen atoms in total. The molecule has 1 aromatic heterocycles. The number of nitrogens with zero attached hydrogens (tertiary/aromatic N) is 1. The first-order valence-electron chi connectivity index (χ1n) is 6.05. The summed E-state index contributed by atoms with van der Waals surface area (Å²) in [5.74, 6) is -0.0805. The summed E-state index contributed by atoms with van der Waals surface area (Å²) in [5, 5.41) is 12.7. The number of amides is 1. The maximum atomic E-state index is 10.9. The maximum absolute atomic E-state index is 10.9. The molecule has 0 fully saturated rings. The van der Waals surface area contributed by atoms with Crippen LogP contribution in [0.25, 0.3) is 10.6 Å². The zero-order chi connectivity index (χ0) is 13.8. The zero-order valence-electron chi connectivity index (χ0n) is 10.9. The normalized spacial score (nSPS) is 10.5. The molecule has 2 aromatic rings. The molecule has 0 unspecified atom stereocenters. The van der Waals surface area contributed by atoms with Crippen LogP contribution in [0.3, 0.4) is 0 Å². The number of benzene rings is 1. The van der Waals surface area contributed by atoms with Gasteiger partial charge in [-0.3, -0.25) is 4.79 Å². The second kappa shape index (κ2) is 5.95. The summed E-state index contributed by atoms with van der Waals surface area (Å²) >= 11 is 1.60. The molecule has 2 N–H and O–H groups in total. The van der Waals surface area contributed by atoms with Crippen LogP contribution in [0.2, 0.25) is 0 Å². The third-order valence-corrected chi connectivity index (χ3v) is 3.95. The van der Waals surface area contributed by atoms with E-state index in [0.717, 1.165) is 26.8 Å². The number of carbonyl (C=O) groups is 1. The second-order valence-corrected chi connectivity index (χ2v) is 5.34. The first-order chi connectivity index (χ1) is 9.10. The van der Waals surface area contributed by atoms with Crippen molar-refractivity contribution < 1.29 is 9.90 Å². The number of aryl methyl sites for hydroxylation is 1. The van der Waals surface area contributed by atoms with E-state index in [4.69, 9.17) is 5.11 Å². The second-order valence-electron chi connectivity index (χ2n) is 4.26. The molecule has 0 saturated carbocycles. The molecule has 5 heteroatoms. The fourth-order valence-electron chi connectivity index (χ4n) is 1.78. The van der Waals surface area contributed by atoms with E-state index >= 15 is 0 Å². The summed E-state index contributed by atoms with van der Waals surface area (Å²) in [6.07, 6.45) is 0.646. The minimum atomic E-state index is -0.0805. The number of nitrogens with one attached hydrogen (secondary N) is 1. The molecule has 0 spiro atoms. The third kappa shape index (κ3) is 3.39. The molecule has 1 heterocycles. The highest BCUT2D eigenvalue weighted by molar-refractivity contribution is 7.15. The van der Waals surface area contributed by atoms with Crippen LogP contribution >= 0.6 is 11.3 Å². The molecule has 0 atom stereocenters. The number of aliphatic hydroxyl groups excluding tert-OH is 1. The number of thiazole rings is 1. The van der Waals surface area contributed by atoms with E-state index < -0.39 is 0 Å². The van der Waals surface area contributed by atoms with Crippen LogP contribution in [0.15, 0.2) is 24.3 Å². The molecule has 0 radical (unpaired) electrons. The van der Waals surface area contributed by atoms with E-state index in [1.165, 1.54) is 6.92 Å². The van der Waals surface area contributed by atoms with Gasteiger partial charge in [0.15, 0.2) is 0 Å². The van der Waals surface area contributed by atoms with Gasteiger partial charge in [-0.05, 0) is 31.2 Å². The largest absolute Gasteiger partial charge is 0.396 e. The van der Waals surface area contributed by atoms with Crippen molar-refractivity contribution in [3.8, 4) is 10.6 Å². The third-order valence-electron chi connectivity index (χ3n) is 2.68. The molecule has 0 aliphatic carbocycles. The summed E-state index contributed by atoms with van der Waals surface area (Å²) in [5.41, 5.74) is 2.77. The van der Waals surface area contributed by atoms with Gasteiger partial charge < -0.3 is 10.4 Å². The SMILES string of the molecule is CC(=O)Nc1ccc(-c2nc(C)c(CCO)s2)cc1. The fourth-order valence-corrected chi connectivity index (χ4v) is 2.84. The van der Waals surface area contributed by atoms with Gasteiger partial charge in [0.1, 0.15) is 5.01 Å². The molecular weight excluding hydrogens is 260 g/mol. The molecule has 0 aliphatic heterocycles. The van der Waals surface area contributed by atoms with Gasteiger partial charge in [0.05, 0.1) is 5.69 Å². The summed E-state index contributed by atoms with van der Waals surface area (Å²) in [4.78, 5) is 16.6. The number of aliphatic hydroxyl groups is 1. The topological polar surface area (TPSA) is 62.2 Å². The Bertz CT molecular complexity index is 576. The highest BCUT2D eigenvalue weighted by Crippen LogP contribution is 2.28. The molecule has 19 heavy (non-hydrogen) atoms. The van der Waals surface area contributed by atoms with Gasteiger partial charge in [0.2, 0.25) is 5.91 Å². The summed E-state index contributed by atoms with van der Waals surface area (Å²) in [6, 6.07) is 7.59. The van der Waals surface area contributed by atoms with Gasteiger partial charge in [-0.15, -0.1) is 11.3 Å². The summed E-state index contributed by atoms with van der Waals surface area (Å²) in [7, 11) is 0. The lowest BCUT2D eigenvalue weighted by atomic mass is 10.2. The van der Waals surface area contributed by atoms with E-state index in [-0.39, 0.29) is 12.5 Å². The molecule has 0 bridgehead atoms. The predicted octanol–water partition coefficient (Wildman–Crippen LogP) is 2.61. The molecule has 0 saturated heterocycles. The first kappa shape index (κ1) is 13.7. The predicted molar refractivity (Wildman–Crippen MR) is 77.4 cm³/mol. The van der Waals surface area contributed by atoms with Gasteiger partial charge >= 0.3 is 0 Å². The van der Waals surface area contributed by atoms with Gasteiger partial charge in [0.25, 0.3) is 0 Å². The number of carbonyl (C=O) groups excluding carboxylic acids is 1. The van der Waals surface area contributed by atoms with Gasteiger partial charge in [-0.25, -0.2) is 4.98 Å². The fraction of sp³-hybridized carbons (Fsp3) is 0.286. The lowest BCUT2D eigenvalue weighted by Crippen LogP contribution is -2.05. The Labute approximate surface area is 116 Å².